The van der Waals surface area contributed by atoms with Crippen LogP contribution in [-0.2, 0) is 4.79 Å². The second-order valence-electron chi connectivity index (χ2n) is 4.18. The monoisotopic (exact) mass is 238 g/mol. The molecule has 17 heavy (non-hydrogen) atoms. The van der Waals surface area contributed by atoms with Crippen molar-refractivity contribution < 1.29 is 14.3 Å². The van der Waals surface area contributed by atoms with E-state index in [-0.39, 0.29) is 11.8 Å². The van der Waals surface area contributed by atoms with Gasteiger partial charge in [0.2, 0.25) is 5.91 Å². The molecule has 1 aromatic carbocycles. The Balaban J connectivity index is 1.99. The lowest BCUT2D eigenvalue weighted by Gasteiger charge is -2.21. The van der Waals surface area contributed by atoms with Gasteiger partial charge in [-0.1, -0.05) is 0 Å². The van der Waals surface area contributed by atoms with E-state index in [1.807, 2.05) is 0 Å². The van der Waals surface area contributed by atoms with Gasteiger partial charge in [-0.3, -0.25) is 4.79 Å². The van der Waals surface area contributed by atoms with Crippen LogP contribution < -0.4 is 10.6 Å². The Hall–Kier alpha value is -1.62. The number of carbonyl (C=O) groups is 1. The normalized spacial score (nSPS) is 16.8. The lowest BCUT2D eigenvalue weighted by molar-refractivity contribution is -0.120. The number of nitrogens with one attached hydrogen (secondary N) is 2. The number of rotatable bonds is 2. The van der Waals surface area contributed by atoms with E-state index in [1.165, 1.54) is 12.1 Å². The first kappa shape index (κ1) is 11.9. The molecule has 0 radical (unpaired) electrons. The fraction of sp³-hybridized carbons (Fsp3) is 0.417. The number of phenolic OH excluding ortho intramolecular Hbond substituents is 1. The van der Waals surface area contributed by atoms with E-state index in [9.17, 15) is 9.18 Å². The van der Waals surface area contributed by atoms with Crippen molar-refractivity contribution in [1.82, 2.24) is 5.32 Å². The molecule has 0 spiro atoms. The number of anilines is 1. The summed E-state index contributed by atoms with van der Waals surface area (Å²) in [6.45, 7) is 1.67. The van der Waals surface area contributed by atoms with E-state index < -0.39 is 11.6 Å². The summed E-state index contributed by atoms with van der Waals surface area (Å²) in [5.41, 5.74) is 0.379. The molecule has 0 atom stereocenters. The van der Waals surface area contributed by atoms with Crippen molar-refractivity contribution in [3.63, 3.8) is 0 Å². The first-order valence-electron chi connectivity index (χ1n) is 5.67. The second kappa shape index (κ2) is 5.14. The summed E-state index contributed by atoms with van der Waals surface area (Å²) in [6, 6.07) is 3.83. The van der Waals surface area contributed by atoms with Crippen LogP contribution in [0, 0.1) is 11.7 Å². The average Bonchev–Trinajstić information content (AvgIpc) is 2.35. The van der Waals surface area contributed by atoms with Crippen LogP contribution in [0.15, 0.2) is 18.2 Å². The van der Waals surface area contributed by atoms with Crippen molar-refractivity contribution in [3.05, 3.63) is 24.0 Å². The van der Waals surface area contributed by atoms with Gasteiger partial charge >= 0.3 is 0 Å². The zero-order valence-corrected chi connectivity index (χ0v) is 9.37. The summed E-state index contributed by atoms with van der Waals surface area (Å²) in [7, 11) is 0. The number of phenols is 1. The highest BCUT2D eigenvalue weighted by Crippen LogP contribution is 2.21. The van der Waals surface area contributed by atoms with Crippen LogP contribution in [0.2, 0.25) is 0 Å². The smallest absolute Gasteiger partial charge is 0.227 e. The van der Waals surface area contributed by atoms with E-state index in [1.54, 1.807) is 0 Å². The quantitative estimate of drug-likeness (QED) is 0.684. The van der Waals surface area contributed by atoms with Crippen LogP contribution in [0.5, 0.6) is 5.75 Å². The Morgan fingerprint density at radius 3 is 2.76 bits per heavy atom. The van der Waals surface area contributed by atoms with Crippen LogP contribution in [-0.4, -0.2) is 24.1 Å². The Bertz CT molecular complexity index is 417. The van der Waals surface area contributed by atoms with Gasteiger partial charge in [0.05, 0.1) is 0 Å². The van der Waals surface area contributed by atoms with Crippen molar-refractivity contribution in [3.8, 4) is 5.75 Å². The van der Waals surface area contributed by atoms with E-state index in [0.717, 1.165) is 32.0 Å². The molecule has 0 saturated carbocycles. The molecule has 1 fully saturated rings. The van der Waals surface area contributed by atoms with E-state index >= 15 is 0 Å². The predicted octanol–water partition coefficient (Wildman–Crippen LogP) is 1.47. The molecular weight excluding hydrogens is 223 g/mol. The molecule has 4 nitrogen and oxygen atoms in total. The van der Waals surface area contributed by atoms with Gasteiger partial charge in [0.1, 0.15) is 0 Å². The molecule has 92 valence electrons. The summed E-state index contributed by atoms with van der Waals surface area (Å²) in [6.07, 6.45) is 1.60. The number of piperidine rings is 1. The van der Waals surface area contributed by atoms with Gasteiger partial charge in [-0.15, -0.1) is 0 Å². The van der Waals surface area contributed by atoms with Gasteiger partial charge in [-0.25, -0.2) is 4.39 Å². The lowest BCUT2D eigenvalue weighted by atomic mass is 9.97. The predicted molar refractivity (Wildman–Crippen MR) is 62.3 cm³/mol. The molecule has 0 aromatic heterocycles. The Kier molecular flexibility index (Phi) is 3.58. The summed E-state index contributed by atoms with van der Waals surface area (Å²) < 4.78 is 13.1. The Labute approximate surface area is 98.8 Å². The van der Waals surface area contributed by atoms with Crippen molar-refractivity contribution >= 4 is 11.6 Å². The van der Waals surface area contributed by atoms with Crippen molar-refractivity contribution in [1.29, 1.82) is 0 Å². The topological polar surface area (TPSA) is 61.4 Å². The second-order valence-corrected chi connectivity index (χ2v) is 4.18. The van der Waals surface area contributed by atoms with Crippen LogP contribution in [0.4, 0.5) is 10.1 Å². The fourth-order valence-corrected chi connectivity index (χ4v) is 1.91. The third kappa shape index (κ3) is 2.94. The zero-order valence-electron chi connectivity index (χ0n) is 9.37. The zero-order chi connectivity index (χ0) is 12.3. The molecule has 1 aromatic rings. The first-order chi connectivity index (χ1) is 8.16. The third-order valence-corrected chi connectivity index (χ3v) is 2.93. The molecule has 2 rings (SSSR count). The molecule has 1 amide bonds. The van der Waals surface area contributed by atoms with Crippen molar-refractivity contribution in [2.24, 2.45) is 5.92 Å². The molecule has 3 N–H and O–H groups in total. The number of benzene rings is 1. The number of aromatic hydroxyl groups is 1. The highest BCUT2D eigenvalue weighted by atomic mass is 19.1. The van der Waals surface area contributed by atoms with Crippen LogP contribution in [0.25, 0.3) is 0 Å². The average molecular weight is 238 g/mol. The van der Waals surface area contributed by atoms with Gasteiger partial charge in [0.25, 0.3) is 0 Å². The lowest BCUT2D eigenvalue weighted by Crippen LogP contribution is -2.34. The fourth-order valence-electron chi connectivity index (χ4n) is 1.91. The molecule has 1 aliphatic rings. The summed E-state index contributed by atoms with van der Waals surface area (Å²) in [5, 5.41) is 14.9. The molecule has 5 heteroatoms. The highest BCUT2D eigenvalue weighted by molar-refractivity contribution is 5.92. The minimum atomic E-state index is -0.729. The van der Waals surface area contributed by atoms with Crippen LogP contribution >= 0.6 is 0 Å². The number of halogens is 1. The Morgan fingerprint density at radius 2 is 2.12 bits per heavy atom. The maximum atomic E-state index is 13.1. The van der Waals surface area contributed by atoms with Gasteiger partial charge in [0.15, 0.2) is 11.6 Å². The Morgan fingerprint density at radius 1 is 1.41 bits per heavy atom. The van der Waals surface area contributed by atoms with Gasteiger partial charge in [-0.2, -0.15) is 0 Å². The molecule has 0 aliphatic carbocycles. The number of carbonyl (C=O) groups excluding carboxylic acids is 1. The number of hydrogen-bond donors (Lipinski definition) is 3. The third-order valence-electron chi connectivity index (χ3n) is 2.93. The molecule has 0 bridgehead atoms. The van der Waals surface area contributed by atoms with Gasteiger partial charge in [-0.05, 0) is 38.1 Å². The summed E-state index contributed by atoms with van der Waals surface area (Å²) in [4.78, 5) is 11.8. The molecule has 1 saturated heterocycles. The van der Waals surface area contributed by atoms with Crippen LogP contribution in [0.3, 0.4) is 0 Å². The largest absolute Gasteiger partial charge is 0.505 e. The molecule has 1 heterocycles. The van der Waals surface area contributed by atoms with E-state index in [4.69, 9.17) is 5.11 Å². The maximum Gasteiger partial charge on any atom is 0.227 e. The molecule has 0 unspecified atom stereocenters. The summed E-state index contributed by atoms with van der Waals surface area (Å²) in [5.74, 6) is -1.25. The highest BCUT2D eigenvalue weighted by Gasteiger charge is 2.20. The van der Waals surface area contributed by atoms with E-state index in [2.05, 4.69) is 10.6 Å². The number of amides is 1. The summed E-state index contributed by atoms with van der Waals surface area (Å²) >= 11 is 0. The van der Waals surface area contributed by atoms with E-state index in [0.29, 0.717) is 5.69 Å². The molecule has 1 aliphatic heterocycles. The van der Waals surface area contributed by atoms with Crippen molar-refractivity contribution in [2.45, 2.75) is 12.8 Å². The first-order valence-corrected chi connectivity index (χ1v) is 5.67. The molecular formula is C12H15FN2O2. The van der Waals surface area contributed by atoms with Gasteiger partial charge in [0, 0.05) is 17.7 Å². The minimum absolute atomic E-state index is 0.0203. The van der Waals surface area contributed by atoms with Crippen molar-refractivity contribution in [2.75, 3.05) is 18.4 Å². The minimum Gasteiger partial charge on any atom is -0.505 e. The maximum absolute atomic E-state index is 13.1. The number of hydrogen-bond acceptors (Lipinski definition) is 3. The SMILES string of the molecule is O=C(Nc1ccc(O)c(F)c1)C1CCNCC1. The standard InChI is InChI=1S/C12H15FN2O2/c13-10-7-9(1-2-11(10)16)15-12(17)8-3-5-14-6-4-8/h1-2,7-8,14,16H,3-6H2,(H,15,17). The van der Waals surface area contributed by atoms with Gasteiger partial charge < -0.3 is 15.7 Å². The van der Waals surface area contributed by atoms with Crippen LogP contribution in [0.1, 0.15) is 12.8 Å².